The molecule has 0 fully saturated rings. The van der Waals surface area contributed by atoms with Crippen LogP contribution in [0.15, 0.2) is 40.7 Å². The number of hydrogen-bond acceptors (Lipinski definition) is 4. The van der Waals surface area contributed by atoms with E-state index in [0.717, 1.165) is 36.2 Å². The summed E-state index contributed by atoms with van der Waals surface area (Å²) in [6.45, 7) is 6.14. The Morgan fingerprint density at radius 2 is 1.96 bits per heavy atom. The van der Waals surface area contributed by atoms with Crippen LogP contribution in [0.25, 0.3) is 10.6 Å². The number of benzene rings is 1. The van der Waals surface area contributed by atoms with E-state index >= 15 is 0 Å². The number of aromatic nitrogens is 1. The summed E-state index contributed by atoms with van der Waals surface area (Å²) in [7, 11) is 1.80. The lowest BCUT2D eigenvalue weighted by Gasteiger charge is -2.23. The van der Waals surface area contributed by atoms with E-state index in [1.165, 1.54) is 5.56 Å². The fourth-order valence-corrected chi connectivity index (χ4v) is 3.11. The van der Waals surface area contributed by atoms with Crippen molar-refractivity contribution < 1.29 is 0 Å². The third-order valence-corrected chi connectivity index (χ3v) is 5.89. The molecule has 0 aliphatic rings. The number of nitrogens with one attached hydrogen (secondary N) is 2. The Labute approximate surface area is 176 Å². The minimum atomic E-state index is 0. The van der Waals surface area contributed by atoms with Gasteiger partial charge in [-0.15, -0.1) is 35.3 Å². The second kappa shape index (κ2) is 11.0. The van der Waals surface area contributed by atoms with Crippen molar-refractivity contribution in [3.8, 4) is 10.6 Å². The highest BCUT2D eigenvalue weighted by Gasteiger charge is 2.16. The summed E-state index contributed by atoms with van der Waals surface area (Å²) in [6, 6.07) is 10.3. The lowest BCUT2D eigenvalue weighted by atomic mass is 10.2. The molecule has 0 aliphatic heterocycles. The maximum Gasteiger partial charge on any atom is 0.191 e. The Hall–Kier alpha value is -0.800. The third kappa shape index (κ3) is 7.53. The largest absolute Gasteiger partial charge is 0.356 e. The van der Waals surface area contributed by atoms with Gasteiger partial charge in [-0.1, -0.05) is 30.3 Å². The summed E-state index contributed by atoms with van der Waals surface area (Å²) in [5.41, 5.74) is 2.30. The molecule has 2 rings (SSSR count). The summed E-state index contributed by atoms with van der Waals surface area (Å²) in [4.78, 5) is 8.99. The maximum absolute atomic E-state index is 4.72. The van der Waals surface area contributed by atoms with Gasteiger partial charge in [0, 0.05) is 42.2 Å². The SMILES string of the molecule is CN=C(NCCc1csc(-c2ccccc2)n1)NCC(C)(C)SC.I. The van der Waals surface area contributed by atoms with Crippen LogP contribution < -0.4 is 10.6 Å². The highest BCUT2D eigenvalue weighted by Crippen LogP contribution is 2.23. The molecule has 1 heterocycles. The van der Waals surface area contributed by atoms with E-state index in [9.17, 15) is 0 Å². The molecule has 1 aromatic carbocycles. The van der Waals surface area contributed by atoms with Crippen molar-refractivity contribution in [3.63, 3.8) is 0 Å². The Morgan fingerprint density at radius 1 is 1.24 bits per heavy atom. The van der Waals surface area contributed by atoms with Crippen LogP contribution in [0, 0.1) is 0 Å². The van der Waals surface area contributed by atoms with Gasteiger partial charge in [-0.05, 0) is 20.1 Å². The van der Waals surface area contributed by atoms with E-state index in [1.54, 1.807) is 18.4 Å². The summed E-state index contributed by atoms with van der Waals surface area (Å²) >= 11 is 3.54. The van der Waals surface area contributed by atoms with Crippen molar-refractivity contribution in [3.05, 3.63) is 41.4 Å². The van der Waals surface area contributed by atoms with E-state index in [0.29, 0.717) is 0 Å². The Bertz CT molecular complexity index is 656. The zero-order valence-electron chi connectivity index (χ0n) is 15.2. The first-order valence-electron chi connectivity index (χ1n) is 8.03. The van der Waals surface area contributed by atoms with Gasteiger partial charge in [0.2, 0.25) is 0 Å². The normalized spacial score (nSPS) is 11.8. The molecule has 0 saturated carbocycles. The van der Waals surface area contributed by atoms with Crippen LogP contribution >= 0.6 is 47.1 Å². The number of guanidine groups is 1. The molecular formula is C18H27IN4S2. The average Bonchev–Trinajstić information content (AvgIpc) is 3.07. The quantitative estimate of drug-likeness (QED) is 0.346. The molecule has 0 aliphatic carbocycles. The minimum absolute atomic E-state index is 0. The standard InChI is InChI=1S/C18H26N4S2.HI/c1-18(2,23-4)13-21-17(19-3)20-11-10-15-12-24-16(22-15)14-8-6-5-7-9-14;/h5-9,12H,10-11,13H2,1-4H3,(H2,19,20,21);1H. The predicted molar refractivity (Wildman–Crippen MR) is 124 cm³/mol. The van der Waals surface area contributed by atoms with Gasteiger partial charge in [0.1, 0.15) is 5.01 Å². The molecule has 0 saturated heterocycles. The molecule has 0 bridgehead atoms. The van der Waals surface area contributed by atoms with Crippen LogP contribution in [0.2, 0.25) is 0 Å². The lowest BCUT2D eigenvalue weighted by Crippen LogP contribution is -2.43. The van der Waals surface area contributed by atoms with Crippen molar-refractivity contribution in [2.24, 2.45) is 4.99 Å². The summed E-state index contributed by atoms with van der Waals surface area (Å²) in [5, 5.41) is 9.95. The average molecular weight is 490 g/mol. The van der Waals surface area contributed by atoms with Crippen molar-refractivity contribution in [1.29, 1.82) is 0 Å². The zero-order chi connectivity index (χ0) is 17.4. The van der Waals surface area contributed by atoms with E-state index in [4.69, 9.17) is 4.98 Å². The molecule has 0 unspecified atom stereocenters. The molecule has 25 heavy (non-hydrogen) atoms. The van der Waals surface area contributed by atoms with Gasteiger partial charge in [0.05, 0.1) is 5.69 Å². The van der Waals surface area contributed by atoms with Crippen LogP contribution in [0.4, 0.5) is 0 Å². The summed E-state index contributed by atoms with van der Waals surface area (Å²) in [6.07, 6.45) is 3.01. The van der Waals surface area contributed by atoms with E-state index < -0.39 is 0 Å². The fraction of sp³-hybridized carbons (Fsp3) is 0.444. The number of thiazole rings is 1. The van der Waals surface area contributed by atoms with Crippen molar-refractivity contribution >= 4 is 53.0 Å². The van der Waals surface area contributed by atoms with Gasteiger partial charge in [-0.3, -0.25) is 4.99 Å². The second-order valence-electron chi connectivity index (χ2n) is 6.08. The number of rotatable bonds is 7. The fourth-order valence-electron chi connectivity index (χ4n) is 2.03. The third-order valence-electron chi connectivity index (χ3n) is 3.70. The van der Waals surface area contributed by atoms with Gasteiger partial charge in [0.15, 0.2) is 5.96 Å². The van der Waals surface area contributed by atoms with E-state index in [-0.39, 0.29) is 28.7 Å². The second-order valence-corrected chi connectivity index (χ2v) is 8.45. The molecule has 2 N–H and O–H groups in total. The first-order valence-corrected chi connectivity index (χ1v) is 10.1. The van der Waals surface area contributed by atoms with Crippen LogP contribution in [-0.4, -0.2) is 42.1 Å². The predicted octanol–water partition coefficient (Wildman–Crippen LogP) is 4.28. The number of aliphatic imine (C=N–C) groups is 1. The maximum atomic E-state index is 4.72. The Morgan fingerprint density at radius 3 is 2.60 bits per heavy atom. The monoisotopic (exact) mass is 490 g/mol. The number of thioether (sulfide) groups is 1. The van der Waals surface area contributed by atoms with Gasteiger partial charge in [-0.25, -0.2) is 4.98 Å². The summed E-state index contributed by atoms with van der Waals surface area (Å²) in [5.74, 6) is 0.843. The zero-order valence-corrected chi connectivity index (χ0v) is 19.2. The van der Waals surface area contributed by atoms with E-state index in [1.807, 2.05) is 30.0 Å². The number of nitrogens with zero attached hydrogens (tertiary/aromatic N) is 2. The molecule has 2 aromatic rings. The molecule has 138 valence electrons. The molecule has 4 nitrogen and oxygen atoms in total. The van der Waals surface area contributed by atoms with Gasteiger partial charge < -0.3 is 10.6 Å². The van der Waals surface area contributed by atoms with Crippen LogP contribution in [0.3, 0.4) is 0 Å². The molecule has 1 aromatic heterocycles. The van der Waals surface area contributed by atoms with Crippen molar-refractivity contribution in [2.45, 2.75) is 25.0 Å². The number of hydrogen-bond donors (Lipinski definition) is 2. The molecule has 0 amide bonds. The minimum Gasteiger partial charge on any atom is -0.356 e. The first-order chi connectivity index (χ1) is 11.5. The molecular weight excluding hydrogens is 463 g/mol. The number of halogens is 1. The van der Waals surface area contributed by atoms with Gasteiger partial charge in [-0.2, -0.15) is 11.8 Å². The van der Waals surface area contributed by atoms with Crippen LogP contribution in [0.1, 0.15) is 19.5 Å². The molecule has 0 atom stereocenters. The topological polar surface area (TPSA) is 49.3 Å². The highest BCUT2D eigenvalue weighted by atomic mass is 127. The summed E-state index contributed by atoms with van der Waals surface area (Å²) < 4.78 is 0.192. The molecule has 0 spiro atoms. The van der Waals surface area contributed by atoms with E-state index in [2.05, 4.69) is 53.2 Å². The van der Waals surface area contributed by atoms with Crippen molar-refractivity contribution in [1.82, 2.24) is 15.6 Å². The lowest BCUT2D eigenvalue weighted by molar-refractivity contribution is 0.663. The van der Waals surface area contributed by atoms with Gasteiger partial charge >= 0.3 is 0 Å². The Kier molecular flexibility index (Phi) is 9.81. The van der Waals surface area contributed by atoms with Crippen molar-refractivity contribution in [2.75, 3.05) is 26.4 Å². The van der Waals surface area contributed by atoms with Gasteiger partial charge in [0.25, 0.3) is 0 Å². The molecule has 0 radical (unpaired) electrons. The smallest absolute Gasteiger partial charge is 0.191 e. The Balaban J connectivity index is 0.00000312. The van der Waals surface area contributed by atoms with Crippen LogP contribution in [0.5, 0.6) is 0 Å². The molecule has 7 heteroatoms. The van der Waals surface area contributed by atoms with Crippen LogP contribution in [-0.2, 0) is 6.42 Å². The highest BCUT2D eigenvalue weighted by molar-refractivity contribution is 14.0. The first kappa shape index (κ1) is 22.2.